The largest absolute Gasteiger partial charge is 0.338 e. The van der Waals surface area contributed by atoms with Gasteiger partial charge in [0.05, 0.1) is 38.0 Å². The molecule has 0 atom stereocenters. The van der Waals surface area contributed by atoms with Crippen molar-refractivity contribution in [3.63, 3.8) is 0 Å². The van der Waals surface area contributed by atoms with Crippen molar-refractivity contribution in [2.75, 3.05) is 13.1 Å². The fourth-order valence-corrected chi connectivity index (χ4v) is 6.26. The fraction of sp³-hybridized carbons (Fsp3) is 0.273. The van der Waals surface area contributed by atoms with Crippen LogP contribution in [0, 0.1) is 5.82 Å². The quantitative estimate of drug-likeness (QED) is 0.269. The van der Waals surface area contributed by atoms with Crippen molar-refractivity contribution in [2.45, 2.75) is 25.2 Å². The second-order valence-corrected chi connectivity index (χ2v) is 10.3. The highest BCUT2D eigenvalue weighted by Gasteiger charge is 2.32. The molecule has 0 bridgehead atoms. The first-order valence-electron chi connectivity index (χ1n) is 10.5. The Balaban J connectivity index is 1.30. The summed E-state index contributed by atoms with van der Waals surface area (Å²) in [5.41, 5.74) is 0.304. The van der Waals surface area contributed by atoms with E-state index < -0.39 is 23.8 Å². The standard InChI is InChI=1S/C22H16Cl2F3N5OS2/c23-16-18(35-30-19(16)24)15-10-34-21(29-15)11-5-7-31(8-6-11)22(33)14-9-28-32(17(14)20(26)27)13-3-1-12(25)2-4-13/h1-4,9-11,20H,5-8H2. The van der Waals surface area contributed by atoms with E-state index in [2.05, 4.69) is 14.5 Å². The number of thiazole rings is 1. The van der Waals surface area contributed by atoms with Gasteiger partial charge in [0.1, 0.15) is 11.5 Å². The van der Waals surface area contributed by atoms with E-state index in [4.69, 9.17) is 23.2 Å². The second-order valence-electron chi connectivity index (χ2n) is 7.89. The molecule has 1 aliphatic heterocycles. The van der Waals surface area contributed by atoms with Crippen LogP contribution in [0.2, 0.25) is 10.2 Å². The van der Waals surface area contributed by atoms with Gasteiger partial charge in [-0.25, -0.2) is 22.8 Å². The third kappa shape index (κ3) is 4.69. The summed E-state index contributed by atoms with van der Waals surface area (Å²) in [5.74, 6) is -0.862. The van der Waals surface area contributed by atoms with Crippen molar-refractivity contribution < 1.29 is 18.0 Å². The maximum Gasteiger partial charge on any atom is 0.281 e. The van der Waals surface area contributed by atoms with E-state index in [0.29, 0.717) is 41.5 Å². The van der Waals surface area contributed by atoms with Crippen LogP contribution in [0.3, 0.4) is 0 Å². The van der Waals surface area contributed by atoms with E-state index >= 15 is 0 Å². The number of carbonyl (C=O) groups excluding carboxylic acids is 1. The van der Waals surface area contributed by atoms with Gasteiger partial charge in [0.15, 0.2) is 5.15 Å². The highest BCUT2D eigenvalue weighted by atomic mass is 35.5. The van der Waals surface area contributed by atoms with E-state index in [0.717, 1.165) is 28.0 Å². The summed E-state index contributed by atoms with van der Waals surface area (Å²) < 4.78 is 46.1. The molecule has 182 valence electrons. The van der Waals surface area contributed by atoms with Crippen molar-refractivity contribution >= 4 is 52.0 Å². The zero-order valence-corrected chi connectivity index (χ0v) is 20.9. The maximum absolute atomic E-state index is 13.9. The van der Waals surface area contributed by atoms with Crippen molar-refractivity contribution in [3.8, 4) is 16.3 Å². The maximum atomic E-state index is 13.9. The van der Waals surface area contributed by atoms with Crippen LogP contribution in [0.5, 0.6) is 0 Å². The van der Waals surface area contributed by atoms with Crippen LogP contribution >= 0.6 is 46.1 Å². The summed E-state index contributed by atoms with van der Waals surface area (Å²) in [7, 11) is 0. The molecule has 0 N–H and O–H groups in total. The lowest BCUT2D eigenvalue weighted by atomic mass is 9.97. The first-order chi connectivity index (χ1) is 16.8. The molecule has 1 fully saturated rings. The number of aromatic nitrogens is 4. The number of piperidine rings is 1. The first-order valence-corrected chi connectivity index (χ1v) is 12.9. The SMILES string of the molecule is O=C(c1cnn(-c2ccc(F)cc2)c1C(F)F)N1CCC(c2nc(-c3snc(Cl)c3Cl)cs2)CC1. The predicted octanol–water partition coefficient (Wildman–Crippen LogP) is 6.86. The average Bonchev–Trinajstić information content (AvgIpc) is 3.59. The molecule has 0 spiro atoms. The molecule has 3 aromatic heterocycles. The molecule has 4 aromatic rings. The monoisotopic (exact) mass is 557 g/mol. The molecule has 0 aliphatic carbocycles. The number of hydrogen-bond donors (Lipinski definition) is 0. The van der Waals surface area contributed by atoms with Gasteiger partial charge in [-0.05, 0) is 48.6 Å². The summed E-state index contributed by atoms with van der Waals surface area (Å²) >= 11 is 14.8. The van der Waals surface area contributed by atoms with Gasteiger partial charge >= 0.3 is 0 Å². The number of halogens is 5. The minimum atomic E-state index is -2.93. The lowest BCUT2D eigenvalue weighted by Crippen LogP contribution is -2.38. The Morgan fingerprint density at radius 3 is 2.49 bits per heavy atom. The highest BCUT2D eigenvalue weighted by molar-refractivity contribution is 7.12. The predicted molar refractivity (Wildman–Crippen MR) is 130 cm³/mol. The molecular weight excluding hydrogens is 542 g/mol. The van der Waals surface area contributed by atoms with Crippen LogP contribution in [0.15, 0.2) is 35.8 Å². The number of rotatable bonds is 5. The zero-order chi connectivity index (χ0) is 24.7. The summed E-state index contributed by atoms with van der Waals surface area (Å²) in [5, 5.41) is 7.44. The van der Waals surface area contributed by atoms with Crippen LogP contribution in [-0.2, 0) is 0 Å². The Morgan fingerprint density at radius 1 is 1.14 bits per heavy atom. The number of carbonyl (C=O) groups is 1. The minimum absolute atomic E-state index is 0.136. The Bertz CT molecular complexity index is 1360. The van der Waals surface area contributed by atoms with Crippen LogP contribution in [0.4, 0.5) is 13.2 Å². The Hall–Kier alpha value is -2.47. The number of amides is 1. The van der Waals surface area contributed by atoms with Gasteiger partial charge in [0, 0.05) is 24.4 Å². The van der Waals surface area contributed by atoms with E-state index in [1.54, 1.807) is 4.90 Å². The zero-order valence-electron chi connectivity index (χ0n) is 17.8. The molecule has 1 aliphatic rings. The van der Waals surface area contributed by atoms with Gasteiger partial charge in [-0.3, -0.25) is 4.79 Å². The number of nitrogens with zero attached hydrogens (tertiary/aromatic N) is 5. The number of hydrogen-bond acceptors (Lipinski definition) is 6. The van der Waals surface area contributed by atoms with Crippen LogP contribution in [-0.4, -0.2) is 43.0 Å². The molecule has 1 aromatic carbocycles. The number of benzene rings is 1. The normalized spacial score (nSPS) is 14.7. The van der Waals surface area contributed by atoms with Gasteiger partial charge in [-0.1, -0.05) is 23.2 Å². The average molecular weight is 558 g/mol. The Morgan fingerprint density at radius 2 is 1.86 bits per heavy atom. The van der Waals surface area contributed by atoms with Crippen molar-refractivity contribution in [3.05, 3.63) is 68.1 Å². The smallest absolute Gasteiger partial charge is 0.281 e. The number of likely N-dealkylation sites (tertiary alicyclic amines) is 1. The minimum Gasteiger partial charge on any atom is -0.338 e. The lowest BCUT2D eigenvalue weighted by Gasteiger charge is -2.31. The summed E-state index contributed by atoms with van der Waals surface area (Å²) in [6.45, 7) is 0.798. The van der Waals surface area contributed by atoms with Gasteiger partial charge < -0.3 is 4.90 Å². The fourth-order valence-electron chi connectivity index (χ4n) is 4.02. The van der Waals surface area contributed by atoms with E-state index in [9.17, 15) is 18.0 Å². The molecule has 1 saturated heterocycles. The van der Waals surface area contributed by atoms with Gasteiger partial charge in [-0.2, -0.15) is 9.47 Å². The molecule has 6 nitrogen and oxygen atoms in total. The van der Waals surface area contributed by atoms with Crippen LogP contribution < -0.4 is 0 Å². The van der Waals surface area contributed by atoms with E-state index in [1.165, 1.54) is 35.0 Å². The Kier molecular flexibility index (Phi) is 6.84. The van der Waals surface area contributed by atoms with Gasteiger partial charge in [0.25, 0.3) is 12.3 Å². The molecule has 0 radical (unpaired) electrons. The molecule has 0 unspecified atom stereocenters. The van der Waals surface area contributed by atoms with Crippen LogP contribution in [0.1, 0.15) is 46.2 Å². The number of alkyl halides is 2. The molecule has 13 heteroatoms. The molecule has 35 heavy (non-hydrogen) atoms. The first kappa shape index (κ1) is 24.2. The molecule has 4 heterocycles. The van der Waals surface area contributed by atoms with Gasteiger partial charge in [0.2, 0.25) is 0 Å². The lowest BCUT2D eigenvalue weighted by molar-refractivity contribution is 0.0700. The second kappa shape index (κ2) is 9.88. The van der Waals surface area contributed by atoms with Crippen LogP contribution in [0.25, 0.3) is 16.3 Å². The van der Waals surface area contributed by atoms with Crippen molar-refractivity contribution in [1.82, 2.24) is 24.0 Å². The topological polar surface area (TPSA) is 63.9 Å². The highest BCUT2D eigenvalue weighted by Crippen LogP contribution is 2.39. The summed E-state index contributed by atoms with van der Waals surface area (Å²) in [6.07, 6.45) is -0.492. The molecule has 5 rings (SSSR count). The van der Waals surface area contributed by atoms with Crippen molar-refractivity contribution in [2.24, 2.45) is 0 Å². The third-order valence-corrected chi connectivity index (χ3v) is 8.63. The summed E-state index contributed by atoms with van der Waals surface area (Å²) in [6, 6.07) is 4.98. The van der Waals surface area contributed by atoms with Gasteiger partial charge in [-0.15, -0.1) is 11.3 Å². The third-order valence-electron chi connectivity index (χ3n) is 5.80. The molecule has 0 saturated carbocycles. The van der Waals surface area contributed by atoms with E-state index in [-0.39, 0.29) is 22.3 Å². The van der Waals surface area contributed by atoms with E-state index in [1.807, 2.05) is 5.38 Å². The molecule has 1 amide bonds. The van der Waals surface area contributed by atoms with Crippen molar-refractivity contribution in [1.29, 1.82) is 0 Å². The Labute approximate surface area is 216 Å². The summed E-state index contributed by atoms with van der Waals surface area (Å²) in [4.78, 5) is 20.1. The molecular formula is C22H16Cl2F3N5OS2.